The molecule has 0 aromatic rings. The van der Waals surface area contributed by atoms with E-state index < -0.39 is 11.9 Å². The van der Waals surface area contributed by atoms with Crippen LogP contribution in [-0.2, 0) is 4.79 Å². The lowest BCUT2D eigenvalue weighted by Crippen LogP contribution is -2.51. The molecule has 3 atom stereocenters. The van der Waals surface area contributed by atoms with E-state index in [4.69, 9.17) is 5.11 Å². The molecule has 2 aliphatic rings. The van der Waals surface area contributed by atoms with E-state index in [2.05, 4.69) is 0 Å². The summed E-state index contributed by atoms with van der Waals surface area (Å²) in [7, 11) is 0. The number of carbonyl (C=O) groups is 2. The molecule has 0 radical (unpaired) electrons. The predicted molar refractivity (Wildman–Crippen MR) is 68.7 cm³/mol. The molecule has 2 unspecified atom stereocenters. The molecule has 0 bridgehead atoms. The molecular formula is C13H22N2O4. The van der Waals surface area contributed by atoms with E-state index in [1.807, 2.05) is 6.92 Å². The number of aliphatic hydroxyl groups is 1. The quantitative estimate of drug-likeness (QED) is 0.770. The highest BCUT2D eigenvalue weighted by Crippen LogP contribution is 2.26. The number of piperidine rings is 1. The fourth-order valence-electron chi connectivity index (χ4n) is 3.06. The minimum Gasteiger partial charge on any atom is -0.481 e. The smallest absolute Gasteiger partial charge is 0.320 e. The van der Waals surface area contributed by atoms with Gasteiger partial charge in [-0.2, -0.15) is 0 Å². The van der Waals surface area contributed by atoms with Gasteiger partial charge >= 0.3 is 12.0 Å². The van der Waals surface area contributed by atoms with Crippen molar-refractivity contribution in [2.45, 2.75) is 32.2 Å². The molecule has 108 valence electrons. The molecule has 0 aliphatic carbocycles. The fraction of sp³-hybridized carbons (Fsp3) is 0.846. The average molecular weight is 270 g/mol. The Labute approximate surface area is 113 Å². The van der Waals surface area contributed by atoms with Gasteiger partial charge in [0.2, 0.25) is 0 Å². The van der Waals surface area contributed by atoms with Crippen molar-refractivity contribution in [3.05, 3.63) is 0 Å². The van der Waals surface area contributed by atoms with Crippen LogP contribution in [0, 0.1) is 11.8 Å². The summed E-state index contributed by atoms with van der Waals surface area (Å²) in [5.74, 6) is -0.981. The maximum absolute atomic E-state index is 12.4. The maximum Gasteiger partial charge on any atom is 0.320 e. The summed E-state index contributed by atoms with van der Waals surface area (Å²) in [4.78, 5) is 26.8. The van der Waals surface area contributed by atoms with Crippen LogP contribution in [0.1, 0.15) is 26.2 Å². The van der Waals surface area contributed by atoms with Crippen LogP contribution in [0.5, 0.6) is 0 Å². The third-order valence-electron chi connectivity index (χ3n) is 4.36. The lowest BCUT2D eigenvalue weighted by Gasteiger charge is -2.36. The van der Waals surface area contributed by atoms with Gasteiger partial charge in [0.15, 0.2) is 0 Å². The first-order valence-corrected chi connectivity index (χ1v) is 6.93. The van der Waals surface area contributed by atoms with Gasteiger partial charge in [0.1, 0.15) is 0 Å². The lowest BCUT2D eigenvalue weighted by atomic mass is 9.98. The van der Waals surface area contributed by atoms with Crippen molar-refractivity contribution in [1.82, 2.24) is 9.80 Å². The molecule has 2 heterocycles. The Bertz CT molecular complexity index is 361. The zero-order chi connectivity index (χ0) is 14.0. The molecule has 6 heteroatoms. The molecule has 2 aliphatic heterocycles. The van der Waals surface area contributed by atoms with Crippen LogP contribution >= 0.6 is 0 Å². The molecule has 0 aromatic carbocycles. The number of urea groups is 1. The number of hydrogen-bond acceptors (Lipinski definition) is 3. The Kier molecular flexibility index (Phi) is 4.29. The van der Waals surface area contributed by atoms with E-state index >= 15 is 0 Å². The Morgan fingerprint density at radius 3 is 2.63 bits per heavy atom. The van der Waals surface area contributed by atoms with Crippen LogP contribution in [0.4, 0.5) is 4.79 Å². The highest BCUT2D eigenvalue weighted by atomic mass is 16.4. The molecule has 2 rings (SSSR count). The second-order valence-electron chi connectivity index (χ2n) is 5.62. The van der Waals surface area contributed by atoms with E-state index in [1.54, 1.807) is 9.80 Å². The van der Waals surface area contributed by atoms with Gasteiger partial charge in [0.25, 0.3) is 0 Å². The topological polar surface area (TPSA) is 81.1 Å². The van der Waals surface area contributed by atoms with Gasteiger partial charge in [0.05, 0.1) is 18.6 Å². The Hall–Kier alpha value is -1.30. The number of hydrogen-bond donors (Lipinski definition) is 2. The standard InChI is InChI=1S/C13H22N2O4/c1-9-4-6-15(11(9)8-16)13(19)14-5-2-3-10(7-14)12(17)18/h9-11,16H,2-8H2,1H3,(H,17,18)/t9?,10-,11?/m1/s1. The van der Waals surface area contributed by atoms with Crippen LogP contribution in [0.25, 0.3) is 0 Å². The summed E-state index contributed by atoms with van der Waals surface area (Å²) < 4.78 is 0. The summed E-state index contributed by atoms with van der Waals surface area (Å²) in [6, 6.07) is -0.243. The first-order valence-electron chi connectivity index (χ1n) is 6.93. The van der Waals surface area contributed by atoms with Crippen molar-refractivity contribution < 1.29 is 19.8 Å². The van der Waals surface area contributed by atoms with Gasteiger partial charge in [-0.1, -0.05) is 6.92 Å². The molecule has 2 saturated heterocycles. The highest BCUT2D eigenvalue weighted by Gasteiger charge is 2.38. The van der Waals surface area contributed by atoms with Crippen LogP contribution in [0.2, 0.25) is 0 Å². The largest absolute Gasteiger partial charge is 0.481 e. The van der Waals surface area contributed by atoms with Crippen molar-refractivity contribution in [1.29, 1.82) is 0 Å². The number of amides is 2. The average Bonchev–Trinajstić information content (AvgIpc) is 2.79. The van der Waals surface area contributed by atoms with Crippen molar-refractivity contribution in [3.8, 4) is 0 Å². The molecular weight excluding hydrogens is 248 g/mol. The number of carboxylic acid groups (broad SMARTS) is 1. The summed E-state index contributed by atoms with van der Waals surface area (Å²) in [5.41, 5.74) is 0. The van der Waals surface area contributed by atoms with E-state index in [0.29, 0.717) is 25.4 Å². The number of rotatable bonds is 2. The number of nitrogens with zero attached hydrogens (tertiary/aromatic N) is 2. The normalized spacial score (nSPS) is 31.6. The van der Waals surface area contributed by atoms with Crippen LogP contribution in [0.15, 0.2) is 0 Å². The first kappa shape index (κ1) is 14.1. The summed E-state index contributed by atoms with van der Waals surface area (Å²) in [6.45, 7) is 3.57. The Balaban J connectivity index is 2.01. The van der Waals surface area contributed by atoms with Crippen LogP contribution in [0.3, 0.4) is 0 Å². The van der Waals surface area contributed by atoms with E-state index in [9.17, 15) is 14.7 Å². The molecule has 0 aromatic heterocycles. The SMILES string of the molecule is CC1CCN(C(=O)N2CCC[C@@H](C(=O)O)C2)C1CO. The van der Waals surface area contributed by atoms with Crippen LogP contribution in [-0.4, -0.2) is 64.3 Å². The monoisotopic (exact) mass is 270 g/mol. The van der Waals surface area contributed by atoms with Gasteiger partial charge in [0, 0.05) is 19.6 Å². The molecule has 19 heavy (non-hydrogen) atoms. The molecule has 2 N–H and O–H groups in total. The van der Waals surface area contributed by atoms with Crippen LogP contribution < -0.4 is 0 Å². The van der Waals surface area contributed by atoms with E-state index in [1.165, 1.54) is 0 Å². The van der Waals surface area contributed by atoms with Gasteiger partial charge < -0.3 is 20.0 Å². The summed E-state index contributed by atoms with van der Waals surface area (Å²) >= 11 is 0. The fourth-order valence-corrected chi connectivity index (χ4v) is 3.06. The second kappa shape index (κ2) is 5.77. The van der Waals surface area contributed by atoms with Gasteiger partial charge in [-0.05, 0) is 25.2 Å². The molecule has 0 saturated carbocycles. The van der Waals surface area contributed by atoms with Gasteiger partial charge in [-0.25, -0.2) is 4.79 Å². The molecule has 2 amide bonds. The van der Waals surface area contributed by atoms with Crippen molar-refractivity contribution in [3.63, 3.8) is 0 Å². The third-order valence-corrected chi connectivity index (χ3v) is 4.36. The first-order chi connectivity index (χ1) is 9.04. The molecule has 2 fully saturated rings. The number of likely N-dealkylation sites (tertiary alicyclic amines) is 2. The van der Waals surface area contributed by atoms with E-state index in [-0.39, 0.29) is 25.2 Å². The summed E-state index contributed by atoms with van der Waals surface area (Å²) in [5, 5.41) is 18.4. The highest BCUT2D eigenvalue weighted by molar-refractivity contribution is 5.77. The third kappa shape index (κ3) is 2.83. The molecule has 6 nitrogen and oxygen atoms in total. The zero-order valence-electron chi connectivity index (χ0n) is 11.3. The summed E-state index contributed by atoms with van der Waals surface area (Å²) in [6.07, 6.45) is 2.27. The van der Waals surface area contributed by atoms with E-state index in [0.717, 1.165) is 12.8 Å². The maximum atomic E-state index is 12.4. The number of carboxylic acids is 1. The minimum atomic E-state index is -0.828. The van der Waals surface area contributed by atoms with Crippen molar-refractivity contribution in [2.75, 3.05) is 26.2 Å². The second-order valence-corrected chi connectivity index (χ2v) is 5.62. The Morgan fingerprint density at radius 2 is 2.00 bits per heavy atom. The predicted octanol–water partition coefficient (Wildman–Crippen LogP) is 0.606. The number of aliphatic carboxylic acids is 1. The number of carbonyl (C=O) groups excluding carboxylic acids is 1. The zero-order valence-corrected chi connectivity index (χ0v) is 11.3. The molecule has 0 spiro atoms. The van der Waals surface area contributed by atoms with Gasteiger partial charge in [-0.3, -0.25) is 4.79 Å². The van der Waals surface area contributed by atoms with Crippen molar-refractivity contribution >= 4 is 12.0 Å². The minimum absolute atomic E-state index is 0.0247. The lowest BCUT2D eigenvalue weighted by molar-refractivity contribution is -0.143. The number of aliphatic hydroxyl groups excluding tert-OH is 1. The Morgan fingerprint density at radius 1 is 1.26 bits per heavy atom. The van der Waals surface area contributed by atoms with Gasteiger partial charge in [-0.15, -0.1) is 0 Å². The van der Waals surface area contributed by atoms with Crippen molar-refractivity contribution in [2.24, 2.45) is 11.8 Å².